The standard InChI is InChI=1S/C12H13FN4/c13-10-4-2-1-3-9(10)7-15-8-12-16-6-5-11(14)17-12/h1-6,15H,7-8H2,(H2,14,16,17). The second-order valence-electron chi connectivity index (χ2n) is 3.59. The van der Waals surface area contributed by atoms with Crippen molar-refractivity contribution < 1.29 is 4.39 Å². The van der Waals surface area contributed by atoms with Crippen LogP contribution >= 0.6 is 0 Å². The Hall–Kier alpha value is -2.01. The summed E-state index contributed by atoms with van der Waals surface area (Å²) >= 11 is 0. The predicted octanol–water partition coefficient (Wildman–Crippen LogP) is 1.49. The summed E-state index contributed by atoms with van der Waals surface area (Å²) in [4.78, 5) is 8.08. The first-order valence-corrected chi connectivity index (χ1v) is 5.27. The molecule has 1 heterocycles. The van der Waals surface area contributed by atoms with Crippen LogP contribution in [0, 0.1) is 5.82 Å². The summed E-state index contributed by atoms with van der Waals surface area (Å²) in [5.41, 5.74) is 6.15. The largest absolute Gasteiger partial charge is 0.384 e. The summed E-state index contributed by atoms with van der Waals surface area (Å²) in [6, 6.07) is 8.27. The zero-order valence-electron chi connectivity index (χ0n) is 9.23. The minimum absolute atomic E-state index is 0.214. The topological polar surface area (TPSA) is 63.8 Å². The first kappa shape index (κ1) is 11.5. The molecular formula is C12H13FN4. The maximum Gasteiger partial charge on any atom is 0.144 e. The van der Waals surface area contributed by atoms with E-state index in [1.54, 1.807) is 30.5 Å². The van der Waals surface area contributed by atoms with Crippen molar-refractivity contribution >= 4 is 5.82 Å². The van der Waals surface area contributed by atoms with Gasteiger partial charge < -0.3 is 11.1 Å². The van der Waals surface area contributed by atoms with Gasteiger partial charge in [0.05, 0.1) is 6.54 Å². The first-order chi connectivity index (χ1) is 8.25. The second kappa shape index (κ2) is 5.36. The Bertz CT molecular complexity index is 501. The molecule has 0 spiro atoms. The van der Waals surface area contributed by atoms with Gasteiger partial charge in [-0.3, -0.25) is 0 Å². The van der Waals surface area contributed by atoms with Crippen LogP contribution in [0.3, 0.4) is 0 Å². The van der Waals surface area contributed by atoms with Crippen molar-refractivity contribution in [3.8, 4) is 0 Å². The Morgan fingerprint density at radius 2 is 2.00 bits per heavy atom. The van der Waals surface area contributed by atoms with Gasteiger partial charge in [0.1, 0.15) is 17.5 Å². The molecule has 2 rings (SSSR count). The van der Waals surface area contributed by atoms with Gasteiger partial charge in [-0.05, 0) is 12.1 Å². The van der Waals surface area contributed by atoms with Crippen molar-refractivity contribution in [3.05, 3.63) is 53.7 Å². The second-order valence-corrected chi connectivity index (χ2v) is 3.59. The van der Waals surface area contributed by atoms with E-state index in [-0.39, 0.29) is 5.82 Å². The molecule has 0 atom stereocenters. The number of nitrogen functional groups attached to an aromatic ring is 1. The molecular weight excluding hydrogens is 219 g/mol. The molecule has 88 valence electrons. The van der Waals surface area contributed by atoms with E-state index in [0.29, 0.717) is 30.3 Å². The molecule has 0 amide bonds. The summed E-state index contributed by atoms with van der Waals surface area (Å²) in [5.74, 6) is 0.817. The summed E-state index contributed by atoms with van der Waals surface area (Å²) in [7, 11) is 0. The maximum atomic E-state index is 13.3. The van der Waals surface area contributed by atoms with Gasteiger partial charge in [-0.2, -0.15) is 0 Å². The Morgan fingerprint density at radius 1 is 1.18 bits per heavy atom. The number of aromatic nitrogens is 2. The molecule has 0 saturated carbocycles. The third kappa shape index (κ3) is 3.22. The van der Waals surface area contributed by atoms with Gasteiger partial charge in [-0.1, -0.05) is 18.2 Å². The molecule has 0 radical (unpaired) electrons. The molecule has 0 aliphatic rings. The molecule has 1 aromatic heterocycles. The number of hydrogen-bond donors (Lipinski definition) is 2. The van der Waals surface area contributed by atoms with Gasteiger partial charge in [0.2, 0.25) is 0 Å². The van der Waals surface area contributed by atoms with Crippen molar-refractivity contribution in [1.82, 2.24) is 15.3 Å². The van der Waals surface area contributed by atoms with Crippen molar-refractivity contribution in [2.75, 3.05) is 5.73 Å². The van der Waals surface area contributed by atoms with Gasteiger partial charge in [0, 0.05) is 18.3 Å². The highest BCUT2D eigenvalue weighted by atomic mass is 19.1. The molecule has 1 aromatic carbocycles. The third-order valence-electron chi connectivity index (χ3n) is 2.28. The van der Waals surface area contributed by atoms with Crippen LogP contribution in [0.15, 0.2) is 36.5 Å². The monoisotopic (exact) mass is 232 g/mol. The SMILES string of the molecule is Nc1ccnc(CNCc2ccccc2F)n1. The van der Waals surface area contributed by atoms with Crippen LogP contribution in [0.4, 0.5) is 10.2 Å². The van der Waals surface area contributed by atoms with Gasteiger partial charge >= 0.3 is 0 Å². The summed E-state index contributed by atoms with van der Waals surface area (Å²) in [5, 5.41) is 3.07. The van der Waals surface area contributed by atoms with Crippen LogP contribution in [0.1, 0.15) is 11.4 Å². The van der Waals surface area contributed by atoms with E-state index in [0.717, 1.165) is 0 Å². The molecule has 2 aromatic rings. The van der Waals surface area contributed by atoms with Gasteiger partial charge in [-0.25, -0.2) is 14.4 Å². The smallest absolute Gasteiger partial charge is 0.144 e. The van der Waals surface area contributed by atoms with Crippen molar-refractivity contribution in [2.24, 2.45) is 0 Å². The molecule has 0 aliphatic heterocycles. The zero-order valence-corrected chi connectivity index (χ0v) is 9.23. The molecule has 0 aliphatic carbocycles. The van der Waals surface area contributed by atoms with E-state index < -0.39 is 0 Å². The average Bonchev–Trinajstić information content (AvgIpc) is 2.32. The third-order valence-corrected chi connectivity index (χ3v) is 2.28. The summed E-state index contributed by atoms with van der Waals surface area (Å²) in [6.45, 7) is 0.893. The molecule has 5 heteroatoms. The molecule has 3 N–H and O–H groups in total. The Kier molecular flexibility index (Phi) is 3.62. The van der Waals surface area contributed by atoms with E-state index in [1.807, 2.05) is 0 Å². The summed E-state index contributed by atoms with van der Waals surface area (Å²) in [6.07, 6.45) is 1.60. The highest BCUT2D eigenvalue weighted by Gasteiger charge is 2.01. The Labute approximate surface area is 98.7 Å². The van der Waals surface area contributed by atoms with Gasteiger partial charge in [0.25, 0.3) is 0 Å². The van der Waals surface area contributed by atoms with Crippen LogP contribution in [-0.2, 0) is 13.1 Å². The van der Waals surface area contributed by atoms with Crippen LogP contribution in [-0.4, -0.2) is 9.97 Å². The zero-order chi connectivity index (χ0) is 12.1. The van der Waals surface area contributed by atoms with Crippen LogP contribution < -0.4 is 11.1 Å². The van der Waals surface area contributed by atoms with Gasteiger partial charge in [0.15, 0.2) is 0 Å². The fourth-order valence-corrected chi connectivity index (χ4v) is 1.45. The quantitative estimate of drug-likeness (QED) is 0.838. The number of anilines is 1. The van der Waals surface area contributed by atoms with E-state index in [4.69, 9.17) is 5.73 Å². The van der Waals surface area contributed by atoms with Crippen molar-refractivity contribution in [1.29, 1.82) is 0 Å². The molecule has 0 unspecified atom stereocenters. The lowest BCUT2D eigenvalue weighted by Gasteiger charge is -2.05. The fourth-order valence-electron chi connectivity index (χ4n) is 1.45. The molecule has 0 fully saturated rings. The molecule has 17 heavy (non-hydrogen) atoms. The number of hydrogen-bond acceptors (Lipinski definition) is 4. The Balaban J connectivity index is 1.90. The van der Waals surface area contributed by atoms with Crippen LogP contribution in [0.5, 0.6) is 0 Å². The molecule has 0 bridgehead atoms. The van der Waals surface area contributed by atoms with E-state index in [1.165, 1.54) is 6.07 Å². The number of rotatable bonds is 4. The number of nitrogens with two attached hydrogens (primary N) is 1. The van der Waals surface area contributed by atoms with E-state index in [9.17, 15) is 4.39 Å². The lowest BCUT2D eigenvalue weighted by atomic mass is 10.2. The minimum Gasteiger partial charge on any atom is -0.384 e. The maximum absolute atomic E-state index is 13.3. The van der Waals surface area contributed by atoms with Crippen LogP contribution in [0.25, 0.3) is 0 Å². The number of benzene rings is 1. The lowest BCUT2D eigenvalue weighted by molar-refractivity contribution is 0.583. The van der Waals surface area contributed by atoms with Crippen molar-refractivity contribution in [2.45, 2.75) is 13.1 Å². The fraction of sp³-hybridized carbons (Fsp3) is 0.167. The molecule has 0 saturated heterocycles. The number of halogens is 1. The lowest BCUT2D eigenvalue weighted by Crippen LogP contribution is -2.16. The first-order valence-electron chi connectivity index (χ1n) is 5.27. The van der Waals surface area contributed by atoms with Crippen LogP contribution in [0.2, 0.25) is 0 Å². The van der Waals surface area contributed by atoms with Crippen molar-refractivity contribution in [3.63, 3.8) is 0 Å². The highest BCUT2D eigenvalue weighted by Crippen LogP contribution is 2.05. The van der Waals surface area contributed by atoms with E-state index >= 15 is 0 Å². The number of nitrogens with zero attached hydrogens (tertiary/aromatic N) is 2. The highest BCUT2D eigenvalue weighted by molar-refractivity contribution is 5.25. The summed E-state index contributed by atoms with van der Waals surface area (Å²) < 4.78 is 13.3. The minimum atomic E-state index is -0.214. The molecule has 4 nitrogen and oxygen atoms in total. The predicted molar refractivity (Wildman–Crippen MR) is 63.4 cm³/mol. The number of nitrogens with one attached hydrogen (secondary N) is 1. The normalized spacial score (nSPS) is 10.4. The average molecular weight is 232 g/mol. The van der Waals surface area contributed by atoms with Gasteiger partial charge in [-0.15, -0.1) is 0 Å². The van der Waals surface area contributed by atoms with E-state index in [2.05, 4.69) is 15.3 Å². The Morgan fingerprint density at radius 3 is 2.76 bits per heavy atom.